The molecule has 0 saturated carbocycles. The molecule has 2 aromatic heterocycles. The molecule has 84 valence electrons. The SMILES string of the molecule is Nc1nc(-c2cccs2)[n+](-c2ccccc2)s1. The summed E-state index contributed by atoms with van der Waals surface area (Å²) < 4.78 is 2.06. The van der Waals surface area contributed by atoms with Crippen molar-refractivity contribution < 1.29 is 3.96 Å². The number of aromatic nitrogens is 2. The minimum Gasteiger partial charge on any atom is -0.351 e. The Morgan fingerprint density at radius 2 is 1.88 bits per heavy atom. The van der Waals surface area contributed by atoms with Crippen molar-refractivity contribution in [2.24, 2.45) is 0 Å². The first-order chi connectivity index (χ1) is 8.34. The third-order valence-electron chi connectivity index (χ3n) is 2.33. The zero-order chi connectivity index (χ0) is 11.7. The van der Waals surface area contributed by atoms with Crippen LogP contribution < -0.4 is 9.69 Å². The van der Waals surface area contributed by atoms with Gasteiger partial charge in [0, 0.05) is 0 Å². The van der Waals surface area contributed by atoms with Crippen LogP contribution in [0.5, 0.6) is 0 Å². The van der Waals surface area contributed by atoms with E-state index in [4.69, 9.17) is 5.73 Å². The summed E-state index contributed by atoms with van der Waals surface area (Å²) in [5, 5.41) is 2.62. The Bertz CT molecular complexity index is 615. The fourth-order valence-corrected chi connectivity index (χ4v) is 3.13. The van der Waals surface area contributed by atoms with E-state index in [9.17, 15) is 0 Å². The summed E-state index contributed by atoms with van der Waals surface area (Å²) >= 11 is 3.12. The number of hydrogen-bond donors (Lipinski definition) is 1. The fraction of sp³-hybridized carbons (Fsp3) is 0. The summed E-state index contributed by atoms with van der Waals surface area (Å²) in [6.45, 7) is 0. The van der Waals surface area contributed by atoms with Crippen LogP contribution in [0.15, 0.2) is 47.8 Å². The molecule has 0 bridgehead atoms. The molecule has 0 atom stereocenters. The highest BCUT2D eigenvalue weighted by molar-refractivity contribution is 7.13. The van der Waals surface area contributed by atoms with Crippen molar-refractivity contribution in [3.8, 4) is 16.4 Å². The number of nitrogen functional groups attached to an aromatic ring is 1. The maximum absolute atomic E-state index is 5.81. The molecule has 5 heteroatoms. The predicted molar refractivity (Wildman–Crippen MR) is 71.4 cm³/mol. The van der Waals surface area contributed by atoms with Gasteiger partial charge in [-0.25, -0.2) is 0 Å². The van der Waals surface area contributed by atoms with Gasteiger partial charge < -0.3 is 5.73 Å². The van der Waals surface area contributed by atoms with E-state index in [2.05, 4.69) is 27.1 Å². The van der Waals surface area contributed by atoms with Gasteiger partial charge in [0.1, 0.15) is 22.1 Å². The lowest BCUT2D eigenvalue weighted by Crippen LogP contribution is -2.27. The Morgan fingerprint density at radius 1 is 1.06 bits per heavy atom. The summed E-state index contributed by atoms with van der Waals surface area (Å²) in [5.41, 5.74) is 6.90. The van der Waals surface area contributed by atoms with Crippen molar-refractivity contribution >= 4 is 28.0 Å². The number of para-hydroxylation sites is 1. The van der Waals surface area contributed by atoms with Gasteiger partial charge in [0.05, 0.1) is 0 Å². The second kappa shape index (κ2) is 4.27. The van der Waals surface area contributed by atoms with Crippen LogP contribution in [0.3, 0.4) is 0 Å². The number of rotatable bonds is 2. The number of nitrogens with zero attached hydrogens (tertiary/aromatic N) is 2. The molecule has 0 aliphatic rings. The van der Waals surface area contributed by atoms with Crippen LogP contribution >= 0.6 is 22.9 Å². The fourth-order valence-electron chi connectivity index (χ4n) is 1.61. The van der Waals surface area contributed by atoms with Gasteiger partial charge in [-0.15, -0.1) is 15.3 Å². The van der Waals surface area contributed by atoms with Crippen molar-refractivity contribution in [2.45, 2.75) is 0 Å². The van der Waals surface area contributed by atoms with E-state index in [1.807, 2.05) is 29.6 Å². The first kappa shape index (κ1) is 10.4. The molecule has 0 saturated heterocycles. The molecule has 3 nitrogen and oxygen atoms in total. The Morgan fingerprint density at radius 3 is 2.59 bits per heavy atom. The standard InChI is InChI=1S/C12H9N3S2/c13-12-14-11(10-7-4-8-16-10)15(17-12)9-5-2-1-3-6-9/h1-8,13H/p+1. The normalized spacial score (nSPS) is 10.6. The van der Waals surface area contributed by atoms with Gasteiger partial charge in [-0.1, -0.05) is 24.3 Å². The lowest BCUT2D eigenvalue weighted by Gasteiger charge is -1.94. The molecule has 0 unspecified atom stereocenters. The van der Waals surface area contributed by atoms with Crippen LogP contribution in [0, 0.1) is 0 Å². The van der Waals surface area contributed by atoms with Crippen LogP contribution in [-0.4, -0.2) is 4.98 Å². The highest BCUT2D eigenvalue weighted by Gasteiger charge is 2.23. The molecular weight excluding hydrogens is 250 g/mol. The maximum atomic E-state index is 5.81. The van der Waals surface area contributed by atoms with Crippen LogP contribution in [0.1, 0.15) is 0 Å². The van der Waals surface area contributed by atoms with E-state index < -0.39 is 0 Å². The number of thiophene rings is 1. The third kappa shape index (κ3) is 1.94. The van der Waals surface area contributed by atoms with Crippen molar-refractivity contribution in [3.63, 3.8) is 0 Å². The minimum atomic E-state index is 0.581. The number of anilines is 1. The van der Waals surface area contributed by atoms with Crippen LogP contribution in [0.2, 0.25) is 0 Å². The quantitative estimate of drug-likeness (QED) is 0.720. The van der Waals surface area contributed by atoms with E-state index >= 15 is 0 Å². The molecule has 3 rings (SSSR count). The maximum Gasteiger partial charge on any atom is 0.360 e. The van der Waals surface area contributed by atoms with Gasteiger partial charge in [-0.3, -0.25) is 0 Å². The molecule has 0 fully saturated rings. The summed E-state index contributed by atoms with van der Waals surface area (Å²) in [6.07, 6.45) is 0. The average molecular weight is 260 g/mol. The van der Waals surface area contributed by atoms with E-state index in [1.165, 1.54) is 11.5 Å². The van der Waals surface area contributed by atoms with Gasteiger partial charge in [0.2, 0.25) is 0 Å². The van der Waals surface area contributed by atoms with E-state index in [0.29, 0.717) is 5.13 Å². The summed E-state index contributed by atoms with van der Waals surface area (Å²) in [6, 6.07) is 14.2. The van der Waals surface area contributed by atoms with Crippen LogP contribution in [0.4, 0.5) is 5.13 Å². The minimum absolute atomic E-state index is 0.581. The first-order valence-corrected chi connectivity index (χ1v) is 6.78. The van der Waals surface area contributed by atoms with Crippen molar-refractivity contribution in [1.82, 2.24) is 4.98 Å². The smallest absolute Gasteiger partial charge is 0.351 e. The zero-order valence-electron chi connectivity index (χ0n) is 8.91. The van der Waals surface area contributed by atoms with Crippen LogP contribution in [0.25, 0.3) is 16.4 Å². The molecule has 2 heterocycles. The Labute approximate surface area is 107 Å². The molecule has 2 N–H and O–H groups in total. The van der Waals surface area contributed by atoms with Crippen molar-refractivity contribution in [2.75, 3.05) is 5.73 Å². The topological polar surface area (TPSA) is 42.8 Å². The Hall–Kier alpha value is -1.72. The second-order valence-electron chi connectivity index (χ2n) is 3.47. The van der Waals surface area contributed by atoms with E-state index in [-0.39, 0.29) is 0 Å². The molecule has 0 radical (unpaired) electrons. The monoisotopic (exact) mass is 260 g/mol. The highest BCUT2D eigenvalue weighted by atomic mass is 32.1. The summed E-state index contributed by atoms with van der Waals surface area (Å²) in [7, 11) is 0. The molecule has 0 amide bonds. The molecular formula is C12H10N3S2+. The summed E-state index contributed by atoms with van der Waals surface area (Å²) in [5.74, 6) is 0.911. The first-order valence-electron chi connectivity index (χ1n) is 5.13. The van der Waals surface area contributed by atoms with Crippen molar-refractivity contribution in [1.29, 1.82) is 0 Å². The number of hydrogen-bond acceptors (Lipinski definition) is 4. The summed E-state index contributed by atoms with van der Waals surface area (Å²) in [4.78, 5) is 5.53. The predicted octanol–water partition coefficient (Wildman–Crippen LogP) is 2.73. The zero-order valence-corrected chi connectivity index (χ0v) is 10.5. The molecule has 0 aliphatic heterocycles. The Kier molecular flexibility index (Phi) is 2.62. The van der Waals surface area contributed by atoms with Gasteiger partial charge in [0.15, 0.2) is 0 Å². The van der Waals surface area contributed by atoms with Crippen molar-refractivity contribution in [3.05, 3.63) is 47.8 Å². The average Bonchev–Trinajstić information content (AvgIpc) is 2.98. The number of nitrogens with two attached hydrogens (primary N) is 1. The van der Waals surface area contributed by atoms with Crippen LogP contribution in [-0.2, 0) is 0 Å². The third-order valence-corrected chi connectivity index (χ3v) is 4.04. The number of benzene rings is 1. The molecule has 0 aliphatic carbocycles. The highest BCUT2D eigenvalue weighted by Crippen LogP contribution is 2.24. The second-order valence-corrected chi connectivity index (χ2v) is 5.39. The lowest BCUT2D eigenvalue weighted by atomic mass is 10.3. The lowest BCUT2D eigenvalue weighted by molar-refractivity contribution is -0.509. The molecule has 0 spiro atoms. The largest absolute Gasteiger partial charge is 0.360 e. The van der Waals surface area contributed by atoms with E-state index in [0.717, 1.165) is 16.4 Å². The van der Waals surface area contributed by atoms with Gasteiger partial charge in [-0.05, 0) is 28.6 Å². The van der Waals surface area contributed by atoms with Gasteiger partial charge in [-0.2, -0.15) is 0 Å². The Balaban J connectivity index is 2.18. The van der Waals surface area contributed by atoms with Gasteiger partial charge in [0.25, 0.3) is 0 Å². The van der Waals surface area contributed by atoms with Gasteiger partial charge >= 0.3 is 11.0 Å². The molecule has 17 heavy (non-hydrogen) atoms. The van der Waals surface area contributed by atoms with E-state index in [1.54, 1.807) is 11.3 Å². The molecule has 1 aromatic carbocycles. The molecule has 3 aromatic rings.